The van der Waals surface area contributed by atoms with Crippen molar-refractivity contribution in [3.05, 3.63) is 30.3 Å². The highest BCUT2D eigenvalue weighted by Gasteiger charge is 2.10. The van der Waals surface area contributed by atoms with Gasteiger partial charge in [-0.25, -0.2) is 0 Å². The molecule has 0 spiro atoms. The van der Waals surface area contributed by atoms with Crippen molar-refractivity contribution in [2.45, 2.75) is 0 Å². The second-order valence-corrected chi connectivity index (χ2v) is 5.25. The molecular weight excluding hydrogens is 256 g/mol. The second kappa shape index (κ2) is 6.97. The van der Waals surface area contributed by atoms with Crippen molar-refractivity contribution in [1.29, 1.82) is 0 Å². The minimum Gasteiger partial charge on any atom is -0.369 e. The summed E-state index contributed by atoms with van der Waals surface area (Å²) < 4.78 is 30.3. The number of anilines is 1. The predicted molar refractivity (Wildman–Crippen MR) is 69.1 cm³/mol. The quantitative estimate of drug-likeness (QED) is 0.399. The zero-order chi connectivity index (χ0) is 13.4. The molecule has 2 N–H and O–H groups in total. The van der Waals surface area contributed by atoms with Crippen molar-refractivity contribution in [1.82, 2.24) is 5.32 Å². The molecule has 1 aromatic carbocycles. The van der Waals surface area contributed by atoms with Crippen molar-refractivity contribution in [3.8, 4) is 0 Å². The molecule has 0 saturated heterocycles. The molecule has 0 aromatic heterocycles. The average Bonchev–Trinajstić information content (AvgIpc) is 2.33. The topological polar surface area (TPSA) is 86.7 Å². The maximum Gasteiger partial charge on any atom is 0.266 e. The molecule has 0 atom stereocenters. The number of nitrogens with one attached hydrogen (secondary N) is 1. The number of amides is 1. The van der Waals surface area contributed by atoms with Crippen LogP contribution < -0.4 is 10.2 Å². The first-order valence-electron chi connectivity index (χ1n) is 5.45. The van der Waals surface area contributed by atoms with Gasteiger partial charge >= 0.3 is 0 Å². The molecule has 6 nitrogen and oxygen atoms in total. The van der Waals surface area contributed by atoms with E-state index in [0.717, 1.165) is 5.69 Å². The summed E-state index contributed by atoms with van der Waals surface area (Å²) in [6.45, 7) is 1.05. The van der Waals surface area contributed by atoms with E-state index in [0.29, 0.717) is 19.5 Å². The first kappa shape index (κ1) is 14.5. The molecule has 0 heterocycles. The minimum atomic E-state index is -3.99. The fraction of sp³-hybridized carbons (Fsp3) is 0.364. The summed E-state index contributed by atoms with van der Waals surface area (Å²) in [5.41, 5.74) is 0.842. The molecule has 0 aliphatic heterocycles. The molecule has 0 unspecified atom stereocenters. The number of hydrogen-bond donors (Lipinski definition) is 2. The molecule has 0 bridgehead atoms. The molecule has 18 heavy (non-hydrogen) atoms. The van der Waals surface area contributed by atoms with Crippen LogP contribution in [0.1, 0.15) is 0 Å². The van der Waals surface area contributed by atoms with E-state index in [-0.39, 0.29) is 12.3 Å². The van der Waals surface area contributed by atoms with Crippen molar-refractivity contribution in [3.63, 3.8) is 0 Å². The third kappa shape index (κ3) is 5.65. The normalized spacial score (nSPS) is 10.9. The lowest BCUT2D eigenvalue weighted by Crippen LogP contribution is -2.35. The molecule has 0 radical (unpaired) electrons. The smallest absolute Gasteiger partial charge is 0.266 e. The van der Waals surface area contributed by atoms with Crippen LogP contribution in [-0.4, -0.2) is 44.8 Å². The molecule has 1 amide bonds. The lowest BCUT2D eigenvalue weighted by molar-refractivity contribution is -0.109. The van der Waals surface area contributed by atoms with Crippen LogP contribution in [0.4, 0.5) is 5.69 Å². The number of carbonyl (C=O) groups excluding carboxylic acids is 1. The van der Waals surface area contributed by atoms with E-state index in [1.165, 1.54) is 0 Å². The van der Waals surface area contributed by atoms with Gasteiger partial charge < -0.3 is 10.2 Å². The Hall–Kier alpha value is -1.60. The molecule has 0 fully saturated rings. The standard InChI is InChI=1S/C11H16N2O4S/c14-10-12-6-7-13(8-9-18(15,16)17)11-4-2-1-3-5-11/h1-5,10H,6-9H2,(H,12,14)(H,15,16,17). The van der Waals surface area contributed by atoms with Crippen LogP contribution >= 0.6 is 0 Å². The predicted octanol–water partition coefficient (Wildman–Crippen LogP) is 0.127. The van der Waals surface area contributed by atoms with Gasteiger partial charge in [0.15, 0.2) is 0 Å². The summed E-state index contributed by atoms with van der Waals surface area (Å²) in [4.78, 5) is 12.0. The van der Waals surface area contributed by atoms with E-state index < -0.39 is 10.1 Å². The van der Waals surface area contributed by atoms with Crippen molar-refractivity contribution < 1.29 is 17.8 Å². The Kier molecular flexibility index (Phi) is 5.60. The molecule has 7 heteroatoms. The van der Waals surface area contributed by atoms with Gasteiger partial charge in [-0.05, 0) is 12.1 Å². The zero-order valence-corrected chi connectivity index (χ0v) is 10.6. The fourth-order valence-electron chi connectivity index (χ4n) is 1.49. The first-order chi connectivity index (χ1) is 8.53. The Labute approximate surface area is 106 Å². The Morgan fingerprint density at radius 1 is 1.22 bits per heavy atom. The Morgan fingerprint density at radius 3 is 2.44 bits per heavy atom. The van der Waals surface area contributed by atoms with Crippen LogP contribution in [0, 0.1) is 0 Å². The highest BCUT2D eigenvalue weighted by Crippen LogP contribution is 2.12. The van der Waals surface area contributed by atoms with Crippen LogP contribution in [0.3, 0.4) is 0 Å². The average molecular weight is 272 g/mol. The summed E-state index contributed by atoms with van der Waals surface area (Å²) >= 11 is 0. The van der Waals surface area contributed by atoms with Gasteiger partial charge in [-0.1, -0.05) is 18.2 Å². The molecule has 1 rings (SSSR count). The summed E-state index contributed by atoms with van der Waals surface area (Å²) in [5.74, 6) is -0.344. The number of nitrogens with zero attached hydrogens (tertiary/aromatic N) is 1. The molecular formula is C11H16N2O4S. The number of benzene rings is 1. The monoisotopic (exact) mass is 272 g/mol. The Balaban J connectivity index is 2.66. The van der Waals surface area contributed by atoms with Gasteiger partial charge in [0.1, 0.15) is 0 Å². The van der Waals surface area contributed by atoms with Gasteiger partial charge in [0.05, 0.1) is 5.75 Å². The van der Waals surface area contributed by atoms with Crippen LogP contribution in [0.2, 0.25) is 0 Å². The number of para-hydroxylation sites is 1. The third-order valence-electron chi connectivity index (χ3n) is 2.35. The van der Waals surface area contributed by atoms with E-state index in [2.05, 4.69) is 5.32 Å². The van der Waals surface area contributed by atoms with Gasteiger partial charge in [0.2, 0.25) is 6.41 Å². The highest BCUT2D eigenvalue weighted by molar-refractivity contribution is 7.85. The van der Waals surface area contributed by atoms with Gasteiger partial charge in [0, 0.05) is 25.3 Å². The van der Waals surface area contributed by atoms with Gasteiger partial charge in [-0.2, -0.15) is 8.42 Å². The van der Waals surface area contributed by atoms with E-state index in [4.69, 9.17) is 4.55 Å². The van der Waals surface area contributed by atoms with E-state index >= 15 is 0 Å². The van der Waals surface area contributed by atoms with Crippen LogP contribution in [-0.2, 0) is 14.9 Å². The van der Waals surface area contributed by atoms with Gasteiger partial charge in [-0.15, -0.1) is 0 Å². The van der Waals surface area contributed by atoms with E-state index in [9.17, 15) is 13.2 Å². The SMILES string of the molecule is O=CNCCN(CCS(=O)(=O)O)c1ccccc1. The van der Waals surface area contributed by atoms with Gasteiger partial charge in [-0.3, -0.25) is 9.35 Å². The lowest BCUT2D eigenvalue weighted by atomic mass is 10.3. The van der Waals surface area contributed by atoms with Crippen LogP contribution in [0.25, 0.3) is 0 Å². The van der Waals surface area contributed by atoms with Crippen molar-refractivity contribution in [2.75, 3.05) is 30.3 Å². The lowest BCUT2D eigenvalue weighted by Gasteiger charge is -2.24. The summed E-state index contributed by atoms with van der Waals surface area (Å²) in [6, 6.07) is 9.20. The third-order valence-corrected chi connectivity index (χ3v) is 3.05. The highest BCUT2D eigenvalue weighted by atomic mass is 32.2. The summed E-state index contributed by atoms with van der Waals surface area (Å²) in [5, 5.41) is 2.51. The van der Waals surface area contributed by atoms with E-state index in [1.807, 2.05) is 30.3 Å². The zero-order valence-electron chi connectivity index (χ0n) is 9.82. The Bertz CT molecular complexity index is 461. The van der Waals surface area contributed by atoms with Gasteiger partial charge in [0.25, 0.3) is 10.1 Å². The molecule has 0 aliphatic rings. The number of hydrogen-bond acceptors (Lipinski definition) is 4. The summed E-state index contributed by atoms with van der Waals surface area (Å²) in [6.07, 6.45) is 0.589. The molecule has 100 valence electrons. The van der Waals surface area contributed by atoms with Crippen LogP contribution in [0.15, 0.2) is 30.3 Å². The minimum absolute atomic E-state index is 0.170. The second-order valence-electron chi connectivity index (χ2n) is 3.68. The van der Waals surface area contributed by atoms with Crippen LogP contribution in [0.5, 0.6) is 0 Å². The fourth-order valence-corrected chi connectivity index (χ4v) is 1.94. The summed E-state index contributed by atoms with van der Waals surface area (Å²) in [7, 11) is -3.99. The first-order valence-corrected chi connectivity index (χ1v) is 7.06. The van der Waals surface area contributed by atoms with Crippen molar-refractivity contribution in [2.24, 2.45) is 0 Å². The van der Waals surface area contributed by atoms with Crippen molar-refractivity contribution >= 4 is 22.2 Å². The largest absolute Gasteiger partial charge is 0.369 e. The maximum absolute atomic E-state index is 10.8. The molecule has 0 aliphatic carbocycles. The molecule has 0 saturated carbocycles. The number of carbonyl (C=O) groups is 1. The molecule has 1 aromatic rings. The maximum atomic E-state index is 10.8. The van der Waals surface area contributed by atoms with E-state index in [1.54, 1.807) is 4.90 Å². The Morgan fingerprint density at radius 2 is 1.89 bits per heavy atom. The number of rotatable bonds is 8.